The van der Waals surface area contributed by atoms with E-state index in [1.807, 2.05) is 0 Å². The van der Waals surface area contributed by atoms with Crippen molar-refractivity contribution < 1.29 is 9.90 Å². The molecule has 0 aliphatic rings. The van der Waals surface area contributed by atoms with Crippen LogP contribution in [0.5, 0.6) is 0 Å². The molecule has 0 aliphatic carbocycles. The number of hydrogen-bond acceptors (Lipinski definition) is 3. The van der Waals surface area contributed by atoms with Crippen LogP contribution in [-0.2, 0) is 4.79 Å². The maximum absolute atomic E-state index is 11.1. The van der Waals surface area contributed by atoms with Crippen LogP contribution in [0.1, 0.15) is 32.6 Å². The molecule has 78 valence electrons. The van der Waals surface area contributed by atoms with Crippen LogP contribution in [0.25, 0.3) is 0 Å². The van der Waals surface area contributed by atoms with E-state index in [2.05, 4.69) is 5.32 Å². The normalized spacial score (nSPS) is 12.5. The summed E-state index contributed by atoms with van der Waals surface area (Å²) in [5.41, 5.74) is 5.31. The van der Waals surface area contributed by atoms with Gasteiger partial charge < -0.3 is 16.2 Å². The van der Waals surface area contributed by atoms with Gasteiger partial charge in [-0.05, 0) is 26.3 Å². The second kappa shape index (κ2) is 8.01. The van der Waals surface area contributed by atoms with E-state index in [9.17, 15) is 4.79 Å². The zero-order chi connectivity index (χ0) is 10.1. The standard InChI is InChI=1S/C9H20N2O2/c1-8(7-12)11-9(13)5-3-2-4-6-10/h8,12H,2-7,10H2,1H3,(H,11,13)/t8-/m0/s1. The predicted octanol–water partition coefficient (Wildman–Crippen LogP) is 0.00250. The molecule has 0 rings (SSSR count). The molecule has 1 atom stereocenters. The maximum atomic E-state index is 11.1. The van der Waals surface area contributed by atoms with Gasteiger partial charge in [0.15, 0.2) is 0 Å². The SMILES string of the molecule is C[C@@H](CO)NC(=O)CCCCCN. The molecule has 0 bridgehead atoms. The summed E-state index contributed by atoms with van der Waals surface area (Å²) in [4.78, 5) is 11.1. The first-order valence-electron chi connectivity index (χ1n) is 4.81. The van der Waals surface area contributed by atoms with E-state index in [4.69, 9.17) is 10.8 Å². The lowest BCUT2D eigenvalue weighted by molar-refractivity contribution is -0.122. The number of unbranched alkanes of at least 4 members (excludes halogenated alkanes) is 2. The summed E-state index contributed by atoms with van der Waals surface area (Å²) in [6, 6.07) is -0.137. The number of aliphatic hydroxyl groups excluding tert-OH is 1. The smallest absolute Gasteiger partial charge is 0.220 e. The Morgan fingerprint density at radius 3 is 2.69 bits per heavy atom. The minimum atomic E-state index is -0.137. The Morgan fingerprint density at radius 2 is 2.15 bits per heavy atom. The van der Waals surface area contributed by atoms with Crippen LogP contribution >= 0.6 is 0 Å². The molecule has 13 heavy (non-hydrogen) atoms. The highest BCUT2D eigenvalue weighted by Crippen LogP contribution is 1.98. The third kappa shape index (κ3) is 7.74. The third-order valence-corrected chi connectivity index (χ3v) is 1.79. The van der Waals surface area contributed by atoms with Crippen molar-refractivity contribution in [3.05, 3.63) is 0 Å². The molecule has 0 heterocycles. The molecule has 0 saturated heterocycles. The number of nitrogens with two attached hydrogens (primary N) is 1. The molecule has 0 fully saturated rings. The molecule has 0 aliphatic heterocycles. The average molecular weight is 188 g/mol. The second-order valence-corrected chi connectivity index (χ2v) is 3.25. The van der Waals surface area contributed by atoms with E-state index in [1.54, 1.807) is 6.92 Å². The Balaban J connectivity index is 3.30. The largest absolute Gasteiger partial charge is 0.394 e. The van der Waals surface area contributed by atoms with Gasteiger partial charge in [0.2, 0.25) is 5.91 Å². The monoisotopic (exact) mass is 188 g/mol. The topological polar surface area (TPSA) is 75.3 Å². The fourth-order valence-corrected chi connectivity index (χ4v) is 0.999. The maximum Gasteiger partial charge on any atom is 0.220 e. The van der Waals surface area contributed by atoms with E-state index in [-0.39, 0.29) is 18.6 Å². The Bertz CT molecular complexity index is 140. The molecular weight excluding hydrogens is 168 g/mol. The number of hydrogen-bond donors (Lipinski definition) is 3. The Morgan fingerprint density at radius 1 is 1.46 bits per heavy atom. The van der Waals surface area contributed by atoms with Crippen molar-refractivity contribution >= 4 is 5.91 Å². The van der Waals surface area contributed by atoms with Crippen molar-refractivity contribution in [3.8, 4) is 0 Å². The van der Waals surface area contributed by atoms with Crippen LogP contribution in [-0.4, -0.2) is 30.2 Å². The van der Waals surface area contributed by atoms with Crippen molar-refractivity contribution in [3.63, 3.8) is 0 Å². The Labute approximate surface area is 79.5 Å². The van der Waals surface area contributed by atoms with E-state index in [0.29, 0.717) is 13.0 Å². The summed E-state index contributed by atoms with van der Waals surface area (Å²) >= 11 is 0. The predicted molar refractivity (Wildman–Crippen MR) is 52.2 cm³/mol. The number of carbonyl (C=O) groups excluding carboxylic acids is 1. The molecule has 0 spiro atoms. The highest BCUT2D eigenvalue weighted by atomic mass is 16.3. The fourth-order valence-electron chi connectivity index (χ4n) is 0.999. The van der Waals surface area contributed by atoms with Gasteiger partial charge in [-0.1, -0.05) is 6.42 Å². The zero-order valence-electron chi connectivity index (χ0n) is 8.25. The molecule has 0 aromatic carbocycles. The first-order valence-corrected chi connectivity index (χ1v) is 4.81. The molecule has 1 amide bonds. The van der Waals surface area contributed by atoms with Gasteiger partial charge in [0.1, 0.15) is 0 Å². The fraction of sp³-hybridized carbons (Fsp3) is 0.889. The highest BCUT2D eigenvalue weighted by molar-refractivity contribution is 5.76. The average Bonchev–Trinajstić information content (AvgIpc) is 2.12. The van der Waals surface area contributed by atoms with E-state index in [0.717, 1.165) is 19.3 Å². The zero-order valence-corrected chi connectivity index (χ0v) is 8.25. The van der Waals surface area contributed by atoms with Gasteiger partial charge in [-0.3, -0.25) is 4.79 Å². The van der Waals surface area contributed by atoms with Gasteiger partial charge in [0.05, 0.1) is 6.61 Å². The van der Waals surface area contributed by atoms with Gasteiger partial charge in [0, 0.05) is 12.5 Å². The second-order valence-electron chi connectivity index (χ2n) is 3.25. The highest BCUT2D eigenvalue weighted by Gasteiger charge is 2.04. The van der Waals surface area contributed by atoms with Gasteiger partial charge in [-0.15, -0.1) is 0 Å². The van der Waals surface area contributed by atoms with Crippen LogP contribution < -0.4 is 11.1 Å². The molecule has 4 nitrogen and oxygen atoms in total. The first kappa shape index (κ1) is 12.4. The van der Waals surface area contributed by atoms with Crippen LogP contribution in [0.3, 0.4) is 0 Å². The van der Waals surface area contributed by atoms with Crippen LogP contribution in [0.15, 0.2) is 0 Å². The molecule has 0 saturated carbocycles. The van der Waals surface area contributed by atoms with Crippen molar-refractivity contribution in [1.29, 1.82) is 0 Å². The molecule has 0 unspecified atom stereocenters. The van der Waals surface area contributed by atoms with Gasteiger partial charge >= 0.3 is 0 Å². The minimum Gasteiger partial charge on any atom is -0.394 e. The molecule has 4 heteroatoms. The van der Waals surface area contributed by atoms with E-state index >= 15 is 0 Å². The van der Waals surface area contributed by atoms with E-state index in [1.165, 1.54) is 0 Å². The lowest BCUT2D eigenvalue weighted by Gasteiger charge is -2.10. The molecule has 0 aromatic heterocycles. The summed E-state index contributed by atoms with van der Waals surface area (Å²) in [5.74, 6) is 0.0126. The molecule has 0 aromatic rings. The van der Waals surface area contributed by atoms with E-state index < -0.39 is 0 Å². The molecular formula is C9H20N2O2. The Kier molecular flexibility index (Phi) is 7.63. The summed E-state index contributed by atoms with van der Waals surface area (Å²) < 4.78 is 0. The van der Waals surface area contributed by atoms with Gasteiger partial charge in [-0.2, -0.15) is 0 Å². The lowest BCUT2D eigenvalue weighted by atomic mass is 10.2. The summed E-state index contributed by atoms with van der Waals surface area (Å²) in [6.07, 6.45) is 3.38. The molecule has 0 radical (unpaired) electrons. The van der Waals surface area contributed by atoms with Crippen LogP contribution in [0, 0.1) is 0 Å². The number of carbonyl (C=O) groups is 1. The van der Waals surface area contributed by atoms with Crippen LogP contribution in [0.4, 0.5) is 0 Å². The number of aliphatic hydroxyl groups is 1. The first-order chi connectivity index (χ1) is 6.20. The quantitative estimate of drug-likeness (QED) is 0.492. The number of rotatable bonds is 7. The van der Waals surface area contributed by atoms with Crippen LogP contribution in [0.2, 0.25) is 0 Å². The summed E-state index contributed by atoms with van der Waals surface area (Å²) in [6.45, 7) is 2.46. The minimum absolute atomic E-state index is 0.00542. The van der Waals surface area contributed by atoms with Crippen molar-refractivity contribution in [2.24, 2.45) is 5.73 Å². The van der Waals surface area contributed by atoms with Crippen molar-refractivity contribution in [2.75, 3.05) is 13.2 Å². The van der Waals surface area contributed by atoms with Gasteiger partial charge in [-0.25, -0.2) is 0 Å². The third-order valence-electron chi connectivity index (χ3n) is 1.79. The van der Waals surface area contributed by atoms with Gasteiger partial charge in [0.25, 0.3) is 0 Å². The van der Waals surface area contributed by atoms with Crippen molar-refractivity contribution in [2.45, 2.75) is 38.6 Å². The number of nitrogens with one attached hydrogen (secondary N) is 1. The van der Waals surface area contributed by atoms with Crippen molar-refractivity contribution in [1.82, 2.24) is 5.32 Å². The summed E-state index contributed by atoms with van der Waals surface area (Å²) in [7, 11) is 0. The Hall–Kier alpha value is -0.610. The summed E-state index contributed by atoms with van der Waals surface area (Å²) in [5, 5.41) is 11.3. The number of amides is 1. The molecule has 4 N–H and O–H groups in total. The lowest BCUT2D eigenvalue weighted by Crippen LogP contribution is -2.34.